The maximum absolute atomic E-state index is 13.0. The summed E-state index contributed by atoms with van der Waals surface area (Å²) < 4.78 is 49.4. The SMILES string of the molecule is COc1cc2nc(NCCNc3ncccc3C(F)(F)F)nc(N)c2cc1OC. The van der Waals surface area contributed by atoms with Crippen LogP contribution in [-0.2, 0) is 6.18 Å². The van der Waals surface area contributed by atoms with Crippen molar-refractivity contribution in [1.82, 2.24) is 15.0 Å². The van der Waals surface area contributed by atoms with Crippen molar-refractivity contribution >= 4 is 28.5 Å². The highest BCUT2D eigenvalue weighted by atomic mass is 19.4. The third kappa shape index (κ3) is 4.50. The molecule has 0 fully saturated rings. The maximum Gasteiger partial charge on any atom is 0.419 e. The van der Waals surface area contributed by atoms with Crippen LogP contribution in [0.1, 0.15) is 5.56 Å². The summed E-state index contributed by atoms with van der Waals surface area (Å²) in [6.07, 6.45) is -3.19. The minimum absolute atomic E-state index is 0.160. The number of fused-ring (bicyclic) bond motifs is 1. The van der Waals surface area contributed by atoms with Crippen LogP contribution in [0.2, 0.25) is 0 Å². The molecule has 0 aliphatic rings. The Bertz CT molecular complexity index is 1010. The van der Waals surface area contributed by atoms with Crippen molar-refractivity contribution in [1.29, 1.82) is 0 Å². The molecule has 0 bridgehead atoms. The van der Waals surface area contributed by atoms with Gasteiger partial charge in [0, 0.05) is 30.7 Å². The van der Waals surface area contributed by atoms with Crippen LogP contribution in [0.15, 0.2) is 30.5 Å². The number of anilines is 3. The Labute approximate surface area is 164 Å². The lowest BCUT2D eigenvalue weighted by Crippen LogP contribution is -2.18. The third-order valence-electron chi connectivity index (χ3n) is 4.04. The second kappa shape index (κ2) is 8.25. The molecular weight excluding hydrogens is 389 g/mol. The number of halogens is 3. The number of hydrogen-bond acceptors (Lipinski definition) is 8. The Balaban J connectivity index is 1.70. The van der Waals surface area contributed by atoms with Crippen LogP contribution < -0.4 is 25.8 Å². The number of ether oxygens (including phenoxy) is 2. The zero-order valence-electron chi connectivity index (χ0n) is 15.7. The topological polar surface area (TPSA) is 107 Å². The number of rotatable bonds is 7. The zero-order valence-corrected chi connectivity index (χ0v) is 15.7. The number of methoxy groups -OCH3 is 2. The van der Waals surface area contributed by atoms with E-state index in [9.17, 15) is 13.2 Å². The molecular formula is C18H19F3N6O2. The van der Waals surface area contributed by atoms with Gasteiger partial charge in [0.1, 0.15) is 11.6 Å². The molecule has 2 heterocycles. The Hall–Kier alpha value is -3.50. The fraction of sp³-hybridized carbons (Fsp3) is 0.278. The molecule has 4 N–H and O–H groups in total. The molecule has 0 amide bonds. The Morgan fingerprint density at radius 3 is 2.41 bits per heavy atom. The molecule has 1 aromatic carbocycles. The molecule has 0 atom stereocenters. The van der Waals surface area contributed by atoms with Crippen molar-refractivity contribution in [3.8, 4) is 11.5 Å². The molecule has 0 saturated heterocycles. The van der Waals surface area contributed by atoms with Crippen LogP contribution in [0.4, 0.5) is 30.8 Å². The fourth-order valence-electron chi connectivity index (χ4n) is 2.69. The van der Waals surface area contributed by atoms with Gasteiger partial charge in [-0.05, 0) is 18.2 Å². The number of alkyl halides is 3. The Kier molecular flexibility index (Phi) is 5.76. The second-order valence-corrected chi connectivity index (χ2v) is 5.91. The molecule has 0 aliphatic heterocycles. The molecule has 154 valence electrons. The van der Waals surface area contributed by atoms with E-state index in [1.54, 1.807) is 12.1 Å². The first-order valence-electron chi connectivity index (χ1n) is 8.52. The molecule has 0 saturated carbocycles. The number of nitrogens with one attached hydrogen (secondary N) is 2. The van der Waals surface area contributed by atoms with Gasteiger partial charge in [-0.2, -0.15) is 18.2 Å². The van der Waals surface area contributed by atoms with Gasteiger partial charge in [-0.25, -0.2) is 9.97 Å². The largest absolute Gasteiger partial charge is 0.493 e. The fourth-order valence-corrected chi connectivity index (χ4v) is 2.69. The summed E-state index contributed by atoms with van der Waals surface area (Å²) in [6, 6.07) is 5.55. The third-order valence-corrected chi connectivity index (χ3v) is 4.04. The van der Waals surface area contributed by atoms with Crippen molar-refractivity contribution < 1.29 is 22.6 Å². The van der Waals surface area contributed by atoms with Crippen LogP contribution in [0.3, 0.4) is 0 Å². The van der Waals surface area contributed by atoms with E-state index < -0.39 is 11.7 Å². The summed E-state index contributed by atoms with van der Waals surface area (Å²) >= 11 is 0. The van der Waals surface area contributed by atoms with Crippen molar-refractivity contribution in [2.45, 2.75) is 6.18 Å². The molecule has 11 heteroatoms. The van der Waals surface area contributed by atoms with Gasteiger partial charge in [0.05, 0.1) is 25.3 Å². The highest BCUT2D eigenvalue weighted by molar-refractivity contribution is 5.91. The van der Waals surface area contributed by atoms with Gasteiger partial charge >= 0.3 is 6.18 Å². The molecule has 0 aliphatic carbocycles. The van der Waals surface area contributed by atoms with Crippen molar-refractivity contribution in [2.75, 3.05) is 43.7 Å². The van der Waals surface area contributed by atoms with E-state index in [1.165, 1.54) is 26.5 Å². The van der Waals surface area contributed by atoms with Gasteiger partial charge in [0.2, 0.25) is 5.95 Å². The molecule has 29 heavy (non-hydrogen) atoms. The average Bonchev–Trinajstić information content (AvgIpc) is 2.70. The van der Waals surface area contributed by atoms with E-state index in [4.69, 9.17) is 15.2 Å². The Morgan fingerprint density at radius 2 is 1.72 bits per heavy atom. The van der Waals surface area contributed by atoms with Crippen LogP contribution in [0, 0.1) is 0 Å². The second-order valence-electron chi connectivity index (χ2n) is 5.91. The lowest BCUT2D eigenvalue weighted by atomic mass is 10.2. The number of benzene rings is 1. The van der Waals surface area contributed by atoms with E-state index in [2.05, 4.69) is 25.6 Å². The quantitative estimate of drug-likeness (QED) is 0.512. The number of aromatic nitrogens is 3. The first kappa shape index (κ1) is 20.2. The number of nitrogens with two attached hydrogens (primary N) is 1. The standard InChI is InChI=1S/C18H19F3N6O2/c1-28-13-8-10-12(9-14(13)29-2)26-17(27-15(10)22)25-7-6-24-16-11(18(19,20)21)4-3-5-23-16/h3-5,8-9H,6-7H2,1-2H3,(H,23,24)(H3,22,25,26,27). The van der Waals surface area contributed by atoms with Crippen molar-refractivity contribution in [2.24, 2.45) is 0 Å². The van der Waals surface area contributed by atoms with Gasteiger partial charge < -0.3 is 25.8 Å². The van der Waals surface area contributed by atoms with Crippen molar-refractivity contribution in [3.05, 3.63) is 36.0 Å². The minimum Gasteiger partial charge on any atom is -0.493 e. The van der Waals surface area contributed by atoms with Gasteiger partial charge in [0.25, 0.3) is 0 Å². The lowest BCUT2D eigenvalue weighted by molar-refractivity contribution is -0.137. The first-order chi connectivity index (χ1) is 13.8. The molecule has 3 aromatic rings. The summed E-state index contributed by atoms with van der Waals surface area (Å²) in [5, 5.41) is 6.18. The summed E-state index contributed by atoms with van der Waals surface area (Å²) in [5.41, 5.74) is 5.71. The van der Waals surface area contributed by atoms with E-state index >= 15 is 0 Å². The van der Waals surface area contributed by atoms with Crippen molar-refractivity contribution in [3.63, 3.8) is 0 Å². The zero-order chi connectivity index (χ0) is 21.0. The highest BCUT2D eigenvalue weighted by Crippen LogP contribution is 2.34. The molecule has 0 spiro atoms. The molecule has 3 rings (SSSR count). The normalized spacial score (nSPS) is 11.3. The van der Waals surface area contributed by atoms with Gasteiger partial charge in [-0.3, -0.25) is 0 Å². The number of hydrogen-bond donors (Lipinski definition) is 3. The van der Waals surface area contributed by atoms with E-state index in [-0.39, 0.29) is 30.7 Å². The predicted octanol–water partition coefficient (Wildman–Crippen LogP) is 3.17. The average molecular weight is 408 g/mol. The van der Waals surface area contributed by atoms with E-state index in [0.717, 1.165) is 6.07 Å². The summed E-state index contributed by atoms with van der Waals surface area (Å²) in [4.78, 5) is 12.3. The summed E-state index contributed by atoms with van der Waals surface area (Å²) in [7, 11) is 3.02. The summed E-state index contributed by atoms with van der Waals surface area (Å²) in [5.74, 6) is 1.21. The molecule has 0 radical (unpaired) electrons. The molecule has 2 aromatic heterocycles. The van der Waals surface area contributed by atoms with Gasteiger partial charge in [-0.15, -0.1) is 0 Å². The monoisotopic (exact) mass is 408 g/mol. The van der Waals surface area contributed by atoms with E-state index in [1.807, 2.05) is 0 Å². The van der Waals surface area contributed by atoms with Crippen LogP contribution in [0.5, 0.6) is 11.5 Å². The maximum atomic E-state index is 13.0. The number of nitrogens with zero attached hydrogens (tertiary/aromatic N) is 3. The number of nitrogen functional groups attached to an aromatic ring is 1. The Morgan fingerprint density at radius 1 is 1.03 bits per heavy atom. The van der Waals surface area contributed by atoms with Crippen LogP contribution >= 0.6 is 0 Å². The molecule has 0 unspecified atom stereocenters. The predicted molar refractivity (Wildman–Crippen MR) is 103 cm³/mol. The van der Waals surface area contributed by atoms with Crippen LogP contribution in [0.25, 0.3) is 10.9 Å². The highest BCUT2D eigenvalue weighted by Gasteiger charge is 2.33. The summed E-state index contributed by atoms with van der Waals surface area (Å²) in [6.45, 7) is 0.402. The minimum atomic E-state index is -4.49. The van der Waals surface area contributed by atoms with Crippen LogP contribution in [-0.4, -0.2) is 42.3 Å². The molecule has 8 nitrogen and oxygen atoms in total. The van der Waals surface area contributed by atoms with E-state index in [0.29, 0.717) is 22.4 Å². The first-order valence-corrected chi connectivity index (χ1v) is 8.52. The van der Waals surface area contributed by atoms with Gasteiger partial charge in [-0.1, -0.05) is 0 Å². The number of pyridine rings is 1. The smallest absolute Gasteiger partial charge is 0.419 e. The van der Waals surface area contributed by atoms with Gasteiger partial charge in [0.15, 0.2) is 11.5 Å². The lowest BCUT2D eigenvalue weighted by Gasteiger charge is -2.14.